The first-order valence-corrected chi connectivity index (χ1v) is 9.94. The highest BCUT2D eigenvalue weighted by Gasteiger charge is 2.16. The molecule has 0 aliphatic heterocycles. The van der Waals surface area contributed by atoms with Crippen LogP contribution in [0.3, 0.4) is 0 Å². The molecule has 140 valence electrons. The number of thioether (sulfide) groups is 1. The van der Waals surface area contributed by atoms with E-state index in [2.05, 4.69) is 4.99 Å². The van der Waals surface area contributed by atoms with Crippen LogP contribution < -0.4 is 9.54 Å². The predicted octanol–water partition coefficient (Wildman–Crippen LogP) is 3.19. The lowest BCUT2D eigenvalue weighted by atomic mass is 10.3. The second-order valence-corrected chi connectivity index (χ2v) is 7.50. The molecule has 6 nitrogen and oxygen atoms in total. The average Bonchev–Trinajstić information content (AvgIpc) is 2.91. The Bertz CT molecular complexity index is 838. The van der Waals surface area contributed by atoms with Crippen molar-refractivity contribution in [3.8, 4) is 5.75 Å². The highest BCUT2D eigenvalue weighted by Crippen LogP contribution is 2.22. The number of carbonyl (C=O) groups is 2. The maximum atomic E-state index is 12.1. The predicted molar refractivity (Wildman–Crippen MR) is 103 cm³/mol. The Morgan fingerprint density at radius 2 is 1.96 bits per heavy atom. The fourth-order valence-corrected chi connectivity index (χ4v) is 3.98. The van der Waals surface area contributed by atoms with Crippen LogP contribution in [-0.2, 0) is 16.6 Å². The molecule has 0 unspecified atom stereocenters. The molecule has 0 atom stereocenters. The molecular weight excluding hydrogens is 372 g/mol. The minimum atomic E-state index is -0.380. The summed E-state index contributed by atoms with van der Waals surface area (Å²) in [5.41, 5.74) is 0.743. The molecule has 1 amide bonds. The number of methoxy groups -OCH3 is 1. The van der Waals surface area contributed by atoms with Gasteiger partial charge in [0.1, 0.15) is 10.6 Å². The number of benzene rings is 1. The molecule has 1 aromatic carbocycles. The Kier molecular flexibility index (Phi) is 7.47. The molecule has 8 heteroatoms. The van der Waals surface area contributed by atoms with Crippen LogP contribution in [0.1, 0.15) is 28.7 Å². The Morgan fingerprint density at radius 1 is 1.27 bits per heavy atom. The highest BCUT2D eigenvalue weighted by atomic mass is 32.2. The summed E-state index contributed by atoms with van der Waals surface area (Å²) in [6, 6.07) is 7.69. The van der Waals surface area contributed by atoms with Gasteiger partial charge >= 0.3 is 5.97 Å². The van der Waals surface area contributed by atoms with Gasteiger partial charge in [-0.05, 0) is 38.1 Å². The number of ether oxygens (including phenoxy) is 2. The first-order chi connectivity index (χ1) is 12.5. The SMILES string of the molecule is CCOC(=O)c1sc(=NC(=O)CCSc2ccc(OC)cc2)n(C)c1C. The molecule has 2 aromatic rings. The number of hydrogen-bond acceptors (Lipinski definition) is 6. The van der Waals surface area contributed by atoms with Crippen molar-refractivity contribution in [1.29, 1.82) is 0 Å². The van der Waals surface area contributed by atoms with E-state index < -0.39 is 0 Å². The Morgan fingerprint density at radius 3 is 2.58 bits per heavy atom. The molecule has 0 fully saturated rings. The zero-order valence-corrected chi connectivity index (χ0v) is 16.9. The van der Waals surface area contributed by atoms with E-state index in [-0.39, 0.29) is 11.9 Å². The summed E-state index contributed by atoms with van der Waals surface area (Å²) in [4.78, 5) is 30.3. The van der Waals surface area contributed by atoms with Crippen molar-refractivity contribution in [2.75, 3.05) is 19.5 Å². The summed E-state index contributed by atoms with van der Waals surface area (Å²) in [5.74, 6) is 0.847. The van der Waals surface area contributed by atoms with Crippen molar-refractivity contribution in [2.45, 2.75) is 25.2 Å². The van der Waals surface area contributed by atoms with E-state index in [1.165, 1.54) is 11.3 Å². The Balaban J connectivity index is 1.99. The lowest BCUT2D eigenvalue weighted by molar-refractivity contribution is -0.117. The van der Waals surface area contributed by atoms with Crippen LogP contribution in [0, 0.1) is 6.92 Å². The van der Waals surface area contributed by atoms with Gasteiger partial charge in [-0.1, -0.05) is 11.3 Å². The molecule has 0 radical (unpaired) electrons. The number of thiazole rings is 1. The molecule has 0 N–H and O–H groups in total. The van der Waals surface area contributed by atoms with E-state index in [1.54, 1.807) is 37.4 Å². The van der Waals surface area contributed by atoms with Crippen molar-refractivity contribution >= 4 is 35.0 Å². The fourth-order valence-electron chi connectivity index (χ4n) is 2.10. The van der Waals surface area contributed by atoms with Crippen molar-refractivity contribution in [3.05, 3.63) is 39.6 Å². The highest BCUT2D eigenvalue weighted by molar-refractivity contribution is 7.99. The quantitative estimate of drug-likeness (QED) is 0.533. The van der Waals surface area contributed by atoms with Crippen molar-refractivity contribution in [3.63, 3.8) is 0 Å². The van der Waals surface area contributed by atoms with Crippen LogP contribution in [0.2, 0.25) is 0 Å². The largest absolute Gasteiger partial charge is 0.497 e. The number of esters is 1. The maximum absolute atomic E-state index is 12.1. The van der Waals surface area contributed by atoms with Gasteiger partial charge in [-0.3, -0.25) is 4.79 Å². The van der Waals surface area contributed by atoms with Gasteiger partial charge in [0.25, 0.3) is 0 Å². The van der Waals surface area contributed by atoms with E-state index in [1.807, 2.05) is 31.2 Å². The molecule has 0 bridgehead atoms. The lowest BCUT2D eigenvalue weighted by Crippen LogP contribution is -2.14. The summed E-state index contributed by atoms with van der Waals surface area (Å²) in [6.45, 7) is 3.88. The molecule has 0 aliphatic carbocycles. The van der Waals surface area contributed by atoms with Crippen LogP contribution in [0.4, 0.5) is 0 Å². The van der Waals surface area contributed by atoms with Gasteiger partial charge in [0.05, 0.1) is 13.7 Å². The van der Waals surface area contributed by atoms with E-state index in [0.717, 1.165) is 16.3 Å². The fraction of sp³-hybridized carbons (Fsp3) is 0.389. The normalized spacial score (nSPS) is 11.5. The zero-order valence-electron chi connectivity index (χ0n) is 15.3. The Labute approximate surface area is 160 Å². The summed E-state index contributed by atoms with van der Waals surface area (Å²) in [6.07, 6.45) is 0.322. The van der Waals surface area contributed by atoms with Crippen molar-refractivity contribution in [1.82, 2.24) is 4.57 Å². The second kappa shape index (κ2) is 9.59. The Hall–Kier alpha value is -2.06. The number of hydrogen-bond donors (Lipinski definition) is 0. The van der Waals surface area contributed by atoms with Gasteiger partial charge in [-0.2, -0.15) is 4.99 Å². The van der Waals surface area contributed by atoms with Crippen LogP contribution in [0.25, 0.3) is 0 Å². The zero-order chi connectivity index (χ0) is 19.1. The molecule has 0 saturated carbocycles. The van der Waals surface area contributed by atoms with Crippen molar-refractivity contribution < 1.29 is 19.1 Å². The van der Waals surface area contributed by atoms with E-state index in [4.69, 9.17) is 9.47 Å². The topological polar surface area (TPSA) is 69.9 Å². The number of amides is 1. The maximum Gasteiger partial charge on any atom is 0.350 e. The number of carbonyl (C=O) groups excluding carboxylic acids is 2. The van der Waals surface area contributed by atoms with Gasteiger partial charge in [0, 0.05) is 29.8 Å². The second-order valence-electron chi connectivity index (χ2n) is 5.36. The van der Waals surface area contributed by atoms with Crippen LogP contribution in [0.15, 0.2) is 34.2 Å². The lowest BCUT2D eigenvalue weighted by Gasteiger charge is -2.02. The monoisotopic (exact) mass is 394 g/mol. The molecule has 0 spiro atoms. The standard InChI is InChI=1S/C18H22N2O4S2/c1-5-24-17(22)16-12(2)20(3)18(26-16)19-15(21)10-11-25-14-8-6-13(23-4)7-9-14/h6-9H,5,10-11H2,1-4H3. The molecule has 0 aliphatic rings. The smallest absolute Gasteiger partial charge is 0.350 e. The summed E-state index contributed by atoms with van der Waals surface area (Å²) >= 11 is 2.77. The van der Waals surface area contributed by atoms with Crippen LogP contribution in [0.5, 0.6) is 5.75 Å². The molecule has 1 aromatic heterocycles. The van der Waals surface area contributed by atoms with Gasteiger partial charge in [-0.25, -0.2) is 4.79 Å². The number of aromatic nitrogens is 1. The van der Waals surface area contributed by atoms with Gasteiger partial charge in [0.2, 0.25) is 5.91 Å². The number of rotatable bonds is 7. The van der Waals surface area contributed by atoms with E-state index >= 15 is 0 Å². The van der Waals surface area contributed by atoms with Gasteiger partial charge < -0.3 is 14.0 Å². The molecular formula is C18H22N2O4S2. The minimum Gasteiger partial charge on any atom is -0.497 e. The van der Waals surface area contributed by atoms with Crippen LogP contribution >= 0.6 is 23.1 Å². The molecule has 0 saturated heterocycles. The third-order valence-corrected chi connectivity index (χ3v) is 5.86. The molecule has 2 rings (SSSR count). The summed E-state index contributed by atoms with van der Waals surface area (Å²) in [5, 5.41) is 0. The van der Waals surface area contributed by atoms with Crippen LogP contribution in [-0.4, -0.2) is 35.9 Å². The third kappa shape index (κ3) is 5.22. The first-order valence-electron chi connectivity index (χ1n) is 8.14. The van der Waals surface area contributed by atoms with Gasteiger partial charge in [0.15, 0.2) is 4.80 Å². The van der Waals surface area contributed by atoms with E-state index in [0.29, 0.717) is 28.5 Å². The van der Waals surface area contributed by atoms with Crippen molar-refractivity contribution in [2.24, 2.45) is 12.0 Å². The average molecular weight is 395 g/mol. The minimum absolute atomic E-state index is 0.210. The summed E-state index contributed by atoms with van der Waals surface area (Å²) < 4.78 is 11.9. The van der Waals surface area contributed by atoms with Gasteiger partial charge in [-0.15, -0.1) is 11.8 Å². The van der Waals surface area contributed by atoms with E-state index in [9.17, 15) is 9.59 Å². The third-order valence-electron chi connectivity index (χ3n) is 3.64. The first kappa shape index (κ1) is 20.3. The summed E-state index contributed by atoms with van der Waals surface area (Å²) in [7, 11) is 3.41. The molecule has 1 heterocycles. The number of nitrogens with zero attached hydrogens (tertiary/aromatic N) is 2. The molecule has 26 heavy (non-hydrogen) atoms.